The number of nitrogens with zero attached hydrogens (tertiary/aromatic N) is 2. The van der Waals surface area contributed by atoms with Gasteiger partial charge in [0, 0.05) is 43.9 Å². The fraction of sp³-hybridized carbons (Fsp3) is 0.333. The summed E-state index contributed by atoms with van der Waals surface area (Å²) < 4.78 is 0. The third kappa shape index (κ3) is 4.11. The summed E-state index contributed by atoms with van der Waals surface area (Å²) in [5.74, 6) is -1.84. The summed E-state index contributed by atoms with van der Waals surface area (Å²) in [6, 6.07) is 16.7. The van der Waals surface area contributed by atoms with Crippen molar-refractivity contribution in [3.05, 3.63) is 65.7 Å². The van der Waals surface area contributed by atoms with Gasteiger partial charge in [-0.15, -0.1) is 0 Å². The smallest absolute Gasteiger partial charge is 0.308 e. The Morgan fingerprint density at radius 2 is 1.74 bits per heavy atom. The van der Waals surface area contributed by atoms with Gasteiger partial charge in [-0.2, -0.15) is 0 Å². The van der Waals surface area contributed by atoms with Crippen LogP contribution in [0.4, 0.5) is 5.69 Å². The molecule has 2 aromatic rings. The van der Waals surface area contributed by atoms with Crippen molar-refractivity contribution < 1.29 is 19.8 Å². The molecule has 1 fully saturated rings. The van der Waals surface area contributed by atoms with E-state index in [9.17, 15) is 14.7 Å². The van der Waals surface area contributed by atoms with Gasteiger partial charge in [0.15, 0.2) is 0 Å². The van der Waals surface area contributed by atoms with E-state index < -0.39 is 11.9 Å². The Hall–Kier alpha value is -2.86. The van der Waals surface area contributed by atoms with Crippen LogP contribution in [0.15, 0.2) is 54.6 Å². The van der Waals surface area contributed by atoms with Crippen LogP contribution in [0.5, 0.6) is 0 Å². The summed E-state index contributed by atoms with van der Waals surface area (Å²) in [6.07, 6.45) is 0. The lowest BCUT2D eigenvalue weighted by molar-refractivity contribution is -0.141. The van der Waals surface area contributed by atoms with Gasteiger partial charge in [-0.3, -0.25) is 9.59 Å². The summed E-state index contributed by atoms with van der Waals surface area (Å²) in [5.41, 5.74) is 2.39. The molecular formula is C21H24N2O4. The van der Waals surface area contributed by atoms with E-state index in [-0.39, 0.29) is 25.0 Å². The Kier molecular flexibility index (Phi) is 5.76. The van der Waals surface area contributed by atoms with E-state index in [0.29, 0.717) is 18.7 Å². The second kappa shape index (κ2) is 8.22. The Morgan fingerprint density at radius 3 is 2.33 bits per heavy atom. The molecule has 6 heteroatoms. The Bertz CT molecular complexity index is 792. The van der Waals surface area contributed by atoms with E-state index in [0.717, 1.165) is 11.3 Å². The Labute approximate surface area is 158 Å². The minimum absolute atomic E-state index is 0.0579. The fourth-order valence-electron chi connectivity index (χ4n) is 3.58. The van der Waals surface area contributed by atoms with Gasteiger partial charge >= 0.3 is 5.97 Å². The number of carbonyl (C=O) groups is 2. The monoisotopic (exact) mass is 368 g/mol. The average Bonchev–Trinajstić information content (AvgIpc) is 3.14. The van der Waals surface area contributed by atoms with Crippen molar-refractivity contribution in [1.82, 2.24) is 4.90 Å². The van der Waals surface area contributed by atoms with E-state index >= 15 is 0 Å². The summed E-state index contributed by atoms with van der Waals surface area (Å²) in [7, 11) is 1.87. The number of carboxylic acid groups (broad SMARTS) is 1. The zero-order chi connectivity index (χ0) is 19.4. The minimum atomic E-state index is -0.875. The number of benzene rings is 2. The first-order chi connectivity index (χ1) is 13.0. The molecule has 3 rings (SSSR count). The van der Waals surface area contributed by atoms with Crippen LogP contribution in [0, 0.1) is 5.92 Å². The summed E-state index contributed by atoms with van der Waals surface area (Å²) >= 11 is 0. The molecule has 0 bridgehead atoms. The molecule has 0 aliphatic carbocycles. The number of carboxylic acids is 1. The highest BCUT2D eigenvalue weighted by molar-refractivity contribution is 5.95. The maximum atomic E-state index is 12.9. The number of rotatable bonds is 6. The zero-order valence-electron chi connectivity index (χ0n) is 15.3. The van der Waals surface area contributed by atoms with Crippen LogP contribution in [-0.2, 0) is 4.79 Å². The van der Waals surface area contributed by atoms with Crippen molar-refractivity contribution in [3.63, 3.8) is 0 Å². The van der Waals surface area contributed by atoms with Gasteiger partial charge in [0.05, 0.1) is 12.5 Å². The van der Waals surface area contributed by atoms with Crippen LogP contribution in [0.3, 0.4) is 0 Å². The van der Waals surface area contributed by atoms with Crippen molar-refractivity contribution in [2.24, 2.45) is 5.92 Å². The highest BCUT2D eigenvalue weighted by Crippen LogP contribution is 2.33. The molecule has 0 saturated carbocycles. The van der Waals surface area contributed by atoms with Gasteiger partial charge in [-0.25, -0.2) is 0 Å². The van der Waals surface area contributed by atoms with Crippen LogP contribution in [-0.4, -0.2) is 60.3 Å². The third-order valence-corrected chi connectivity index (χ3v) is 5.14. The molecule has 2 N–H and O–H groups in total. The molecule has 1 saturated heterocycles. The van der Waals surface area contributed by atoms with Crippen LogP contribution in [0.25, 0.3) is 0 Å². The summed E-state index contributed by atoms with van der Waals surface area (Å²) in [4.78, 5) is 28.1. The SMILES string of the molecule is CN(CCO)c1ccc(C(=O)N2C[C@@H](C(=O)O)[C@H](c3ccccc3)C2)cc1. The number of anilines is 1. The lowest BCUT2D eigenvalue weighted by atomic mass is 9.89. The molecule has 2 aromatic carbocycles. The van der Waals surface area contributed by atoms with Gasteiger partial charge < -0.3 is 20.0 Å². The Morgan fingerprint density at radius 1 is 1.07 bits per heavy atom. The topological polar surface area (TPSA) is 81.1 Å². The van der Waals surface area contributed by atoms with Crippen molar-refractivity contribution in [2.45, 2.75) is 5.92 Å². The number of aliphatic hydroxyl groups excluding tert-OH is 1. The molecule has 0 spiro atoms. The molecule has 1 aliphatic heterocycles. The minimum Gasteiger partial charge on any atom is -0.481 e. The van der Waals surface area contributed by atoms with Crippen LogP contribution in [0.1, 0.15) is 21.8 Å². The number of likely N-dealkylation sites (tertiary alicyclic amines) is 1. The van der Waals surface area contributed by atoms with Gasteiger partial charge in [0.2, 0.25) is 0 Å². The zero-order valence-corrected chi connectivity index (χ0v) is 15.3. The molecule has 1 heterocycles. The van der Waals surface area contributed by atoms with Gasteiger partial charge in [-0.05, 0) is 29.8 Å². The molecular weight excluding hydrogens is 344 g/mol. The fourth-order valence-corrected chi connectivity index (χ4v) is 3.58. The van der Waals surface area contributed by atoms with Crippen molar-refractivity contribution in [2.75, 3.05) is 38.2 Å². The Balaban J connectivity index is 1.76. The second-order valence-corrected chi connectivity index (χ2v) is 6.86. The number of aliphatic hydroxyl groups is 1. The summed E-state index contributed by atoms with van der Waals surface area (Å²) in [5, 5.41) is 18.6. The standard InChI is InChI=1S/C21H24N2O4/c1-22(11-12-24)17-9-7-16(8-10-17)20(25)23-13-18(19(14-23)21(26)27)15-5-3-2-4-6-15/h2-10,18-19,24H,11-14H2,1H3,(H,26,27)/t18-,19+/m0/s1. The van der Waals surface area contributed by atoms with E-state index in [1.165, 1.54) is 0 Å². The number of aliphatic carboxylic acids is 1. The van der Waals surface area contributed by atoms with Crippen LogP contribution < -0.4 is 4.90 Å². The molecule has 142 valence electrons. The van der Waals surface area contributed by atoms with Crippen molar-refractivity contribution in [3.8, 4) is 0 Å². The second-order valence-electron chi connectivity index (χ2n) is 6.86. The molecule has 0 aromatic heterocycles. The predicted octanol–water partition coefficient (Wildman–Crippen LogP) is 2.06. The highest BCUT2D eigenvalue weighted by atomic mass is 16.4. The van der Waals surface area contributed by atoms with Gasteiger partial charge in [0.1, 0.15) is 0 Å². The number of likely N-dealkylation sites (N-methyl/N-ethyl adjacent to an activating group) is 1. The lowest BCUT2D eigenvalue weighted by Gasteiger charge is -2.19. The first-order valence-corrected chi connectivity index (χ1v) is 9.00. The van der Waals surface area contributed by atoms with Crippen molar-refractivity contribution in [1.29, 1.82) is 0 Å². The molecule has 0 unspecified atom stereocenters. The van der Waals surface area contributed by atoms with E-state index in [1.54, 1.807) is 17.0 Å². The third-order valence-electron chi connectivity index (χ3n) is 5.14. The van der Waals surface area contributed by atoms with E-state index in [1.807, 2.05) is 54.4 Å². The quantitative estimate of drug-likeness (QED) is 0.816. The molecule has 1 amide bonds. The number of hydrogen-bond donors (Lipinski definition) is 2. The normalized spacial score (nSPS) is 19.1. The first-order valence-electron chi connectivity index (χ1n) is 9.00. The number of hydrogen-bond acceptors (Lipinski definition) is 4. The maximum Gasteiger partial charge on any atom is 0.308 e. The molecule has 6 nitrogen and oxygen atoms in total. The number of carbonyl (C=O) groups excluding carboxylic acids is 1. The van der Waals surface area contributed by atoms with E-state index in [2.05, 4.69) is 0 Å². The first kappa shape index (κ1) is 18.9. The van der Waals surface area contributed by atoms with Gasteiger partial charge in [-0.1, -0.05) is 30.3 Å². The highest BCUT2D eigenvalue weighted by Gasteiger charge is 2.40. The molecule has 1 aliphatic rings. The van der Waals surface area contributed by atoms with E-state index in [4.69, 9.17) is 5.11 Å². The average molecular weight is 368 g/mol. The molecule has 27 heavy (non-hydrogen) atoms. The van der Waals surface area contributed by atoms with Crippen molar-refractivity contribution >= 4 is 17.6 Å². The van der Waals surface area contributed by atoms with Gasteiger partial charge in [0.25, 0.3) is 5.91 Å². The summed E-state index contributed by atoms with van der Waals surface area (Å²) in [6.45, 7) is 1.17. The predicted molar refractivity (Wildman–Crippen MR) is 103 cm³/mol. The molecule has 0 radical (unpaired) electrons. The largest absolute Gasteiger partial charge is 0.481 e. The number of amides is 1. The van der Waals surface area contributed by atoms with Crippen LogP contribution >= 0.6 is 0 Å². The lowest BCUT2D eigenvalue weighted by Crippen LogP contribution is -2.30. The molecule has 2 atom stereocenters. The van der Waals surface area contributed by atoms with Crippen LogP contribution in [0.2, 0.25) is 0 Å². The maximum absolute atomic E-state index is 12.9.